The zero-order valence-corrected chi connectivity index (χ0v) is 10.9. The first kappa shape index (κ1) is 12.5. The minimum Gasteiger partial charge on any atom is -0.478 e. The van der Waals surface area contributed by atoms with Crippen LogP contribution in [0.5, 0.6) is 0 Å². The number of rotatable bonds is 4. The third-order valence-corrected chi connectivity index (χ3v) is 3.24. The van der Waals surface area contributed by atoms with Crippen molar-refractivity contribution >= 4 is 23.0 Å². The summed E-state index contributed by atoms with van der Waals surface area (Å²) in [4.78, 5) is 19.5. The van der Waals surface area contributed by atoms with E-state index < -0.39 is 5.97 Å². The highest BCUT2D eigenvalue weighted by molar-refractivity contribution is 7.09. The maximum atomic E-state index is 11.2. The Morgan fingerprint density at radius 2 is 2.28 bits per heavy atom. The molecule has 0 aromatic carbocycles. The normalized spacial score (nSPS) is 10.3. The molecule has 2 aromatic rings. The third kappa shape index (κ3) is 2.65. The molecule has 0 bridgehead atoms. The van der Waals surface area contributed by atoms with Crippen molar-refractivity contribution in [3.05, 3.63) is 39.6 Å². The Bertz CT molecular complexity index is 567. The smallest absolute Gasteiger partial charge is 0.339 e. The predicted octanol–water partition coefficient (Wildman–Crippen LogP) is 2.47. The zero-order chi connectivity index (χ0) is 13.1. The van der Waals surface area contributed by atoms with Gasteiger partial charge < -0.3 is 10.4 Å². The maximum absolute atomic E-state index is 11.2. The van der Waals surface area contributed by atoms with Crippen LogP contribution >= 0.6 is 11.3 Å². The summed E-state index contributed by atoms with van der Waals surface area (Å²) in [6, 6.07) is 1.74. The number of nitrogens with one attached hydrogen (secondary N) is 1. The van der Waals surface area contributed by atoms with Gasteiger partial charge in [0.2, 0.25) is 0 Å². The molecule has 0 atom stereocenters. The largest absolute Gasteiger partial charge is 0.478 e. The molecular weight excluding hydrogens is 250 g/mol. The van der Waals surface area contributed by atoms with Crippen LogP contribution in [0.25, 0.3) is 0 Å². The Hall–Kier alpha value is -1.95. The Morgan fingerprint density at radius 3 is 2.89 bits per heavy atom. The lowest BCUT2D eigenvalue weighted by Crippen LogP contribution is -2.10. The van der Waals surface area contributed by atoms with Gasteiger partial charge in [0.05, 0.1) is 17.9 Å². The van der Waals surface area contributed by atoms with Gasteiger partial charge in [0.15, 0.2) is 0 Å². The summed E-state index contributed by atoms with van der Waals surface area (Å²) in [5.41, 5.74) is 2.11. The third-order valence-electron chi connectivity index (χ3n) is 2.46. The summed E-state index contributed by atoms with van der Waals surface area (Å²) in [6.07, 6.45) is 1.73. The summed E-state index contributed by atoms with van der Waals surface area (Å²) in [5, 5.41) is 15.1. The van der Waals surface area contributed by atoms with Gasteiger partial charge in [0, 0.05) is 17.3 Å². The minimum atomic E-state index is -0.971. The first-order chi connectivity index (χ1) is 8.58. The van der Waals surface area contributed by atoms with Gasteiger partial charge in [-0.15, -0.1) is 11.3 Å². The van der Waals surface area contributed by atoms with E-state index >= 15 is 0 Å². The lowest BCUT2D eigenvalue weighted by atomic mass is 10.1. The molecule has 0 saturated carbocycles. The first-order valence-corrected chi connectivity index (χ1v) is 6.29. The molecular formula is C12H13N3O2S. The Labute approximate surface area is 109 Å². The molecule has 94 valence electrons. The summed E-state index contributed by atoms with van der Waals surface area (Å²) < 4.78 is 0. The lowest BCUT2D eigenvalue weighted by Gasteiger charge is -2.11. The molecule has 0 radical (unpaired) electrons. The van der Waals surface area contributed by atoms with E-state index in [4.69, 9.17) is 0 Å². The van der Waals surface area contributed by atoms with Crippen molar-refractivity contribution in [3.8, 4) is 0 Å². The standard InChI is InChI=1S/C12H13N3O2S/c1-7-5-9(11(12(16)17)8(2)15-7)14-6-10-13-3-4-18-10/h3-5H,6H2,1-2H3,(H,14,15)(H,16,17). The van der Waals surface area contributed by atoms with Crippen LogP contribution in [0, 0.1) is 13.8 Å². The molecule has 0 saturated heterocycles. The summed E-state index contributed by atoms with van der Waals surface area (Å²) >= 11 is 1.53. The van der Waals surface area contributed by atoms with Gasteiger partial charge >= 0.3 is 5.97 Å². The molecule has 5 nitrogen and oxygen atoms in total. The van der Waals surface area contributed by atoms with E-state index in [1.54, 1.807) is 19.2 Å². The molecule has 0 fully saturated rings. The van der Waals surface area contributed by atoms with E-state index in [0.717, 1.165) is 10.7 Å². The topological polar surface area (TPSA) is 75.1 Å². The molecule has 0 amide bonds. The summed E-state index contributed by atoms with van der Waals surface area (Å²) in [7, 11) is 0. The highest BCUT2D eigenvalue weighted by atomic mass is 32.1. The van der Waals surface area contributed by atoms with Crippen LogP contribution in [0.2, 0.25) is 0 Å². The number of carboxylic acids is 1. The van der Waals surface area contributed by atoms with Gasteiger partial charge in [0.1, 0.15) is 10.6 Å². The van der Waals surface area contributed by atoms with Crippen molar-refractivity contribution in [1.29, 1.82) is 0 Å². The van der Waals surface area contributed by atoms with Gasteiger partial charge in [0.25, 0.3) is 0 Å². The molecule has 2 N–H and O–H groups in total. The Kier molecular flexibility index (Phi) is 3.57. The van der Waals surface area contributed by atoms with Crippen molar-refractivity contribution in [1.82, 2.24) is 9.97 Å². The molecule has 2 rings (SSSR count). The summed E-state index contributed by atoms with van der Waals surface area (Å²) in [5.74, 6) is -0.971. The fourth-order valence-corrected chi connectivity index (χ4v) is 2.31. The van der Waals surface area contributed by atoms with E-state index in [1.165, 1.54) is 11.3 Å². The van der Waals surface area contributed by atoms with E-state index in [2.05, 4.69) is 15.3 Å². The second-order valence-electron chi connectivity index (χ2n) is 3.86. The Morgan fingerprint density at radius 1 is 1.50 bits per heavy atom. The second-order valence-corrected chi connectivity index (χ2v) is 4.84. The number of aromatic carboxylic acids is 1. The van der Waals surface area contributed by atoms with Gasteiger partial charge in [-0.1, -0.05) is 0 Å². The molecule has 18 heavy (non-hydrogen) atoms. The van der Waals surface area contributed by atoms with Crippen LogP contribution in [0.4, 0.5) is 5.69 Å². The predicted molar refractivity (Wildman–Crippen MR) is 70.1 cm³/mol. The molecule has 2 heterocycles. The quantitative estimate of drug-likeness (QED) is 0.886. The Balaban J connectivity index is 2.28. The van der Waals surface area contributed by atoms with E-state index in [-0.39, 0.29) is 5.56 Å². The molecule has 0 aliphatic rings. The number of nitrogens with zero attached hydrogens (tertiary/aromatic N) is 2. The number of hydrogen-bond acceptors (Lipinski definition) is 5. The second kappa shape index (κ2) is 5.14. The molecule has 0 unspecified atom stereocenters. The first-order valence-electron chi connectivity index (χ1n) is 5.41. The van der Waals surface area contributed by atoms with Crippen LogP contribution in [0.1, 0.15) is 26.8 Å². The van der Waals surface area contributed by atoms with Crippen molar-refractivity contribution in [2.24, 2.45) is 0 Å². The zero-order valence-electron chi connectivity index (χ0n) is 10.1. The fraction of sp³-hybridized carbons (Fsp3) is 0.250. The van der Waals surface area contributed by atoms with E-state index in [9.17, 15) is 9.90 Å². The van der Waals surface area contributed by atoms with Gasteiger partial charge in [-0.2, -0.15) is 0 Å². The van der Waals surface area contributed by atoms with Crippen LogP contribution in [0.3, 0.4) is 0 Å². The number of pyridine rings is 1. The van der Waals surface area contributed by atoms with Crippen molar-refractivity contribution in [2.45, 2.75) is 20.4 Å². The number of aromatic nitrogens is 2. The highest BCUT2D eigenvalue weighted by Crippen LogP contribution is 2.20. The number of aryl methyl sites for hydroxylation is 2. The number of carboxylic acid groups (broad SMARTS) is 1. The number of carbonyl (C=O) groups is 1. The van der Waals surface area contributed by atoms with Crippen LogP contribution < -0.4 is 5.32 Å². The average Bonchev–Trinajstić information content (AvgIpc) is 2.77. The number of anilines is 1. The molecule has 2 aromatic heterocycles. The fourth-order valence-electron chi connectivity index (χ4n) is 1.75. The summed E-state index contributed by atoms with van der Waals surface area (Å²) in [6.45, 7) is 4.05. The van der Waals surface area contributed by atoms with Crippen molar-refractivity contribution in [2.75, 3.05) is 5.32 Å². The van der Waals surface area contributed by atoms with E-state index in [1.807, 2.05) is 12.3 Å². The SMILES string of the molecule is Cc1cc(NCc2nccs2)c(C(=O)O)c(C)n1. The molecule has 6 heteroatoms. The van der Waals surface area contributed by atoms with Gasteiger partial charge in [-0.25, -0.2) is 9.78 Å². The average molecular weight is 263 g/mol. The number of hydrogen-bond donors (Lipinski definition) is 2. The van der Waals surface area contributed by atoms with E-state index in [0.29, 0.717) is 17.9 Å². The molecule has 0 spiro atoms. The number of thiazole rings is 1. The maximum Gasteiger partial charge on any atom is 0.339 e. The van der Waals surface area contributed by atoms with Crippen LogP contribution in [0.15, 0.2) is 17.6 Å². The minimum absolute atomic E-state index is 0.220. The highest BCUT2D eigenvalue weighted by Gasteiger charge is 2.15. The molecule has 0 aliphatic heterocycles. The van der Waals surface area contributed by atoms with Crippen molar-refractivity contribution < 1.29 is 9.90 Å². The lowest BCUT2D eigenvalue weighted by molar-refractivity contribution is 0.0696. The van der Waals surface area contributed by atoms with Gasteiger partial charge in [-0.3, -0.25) is 4.98 Å². The van der Waals surface area contributed by atoms with Crippen molar-refractivity contribution in [3.63, 3.8) is 0 Å². The molecule has 0 aliphatic carbocycles. The monoisotopic (exact) mass is 263 g/mol. The van der Waals surface area contributed by atoms with Crippen LogP contribution in [-0.4, -0.2) is 21.0 Å². The van der Waals surface area contributed by atoms with Crippen LogP contribution in [-0.2, 0) is 6.54 Å². The van der Waals surface area contributed by atoms with Gasteiger partial charge in [-0.05, 0) is 19.9 Å².